The average Bonchev–Trinajstić information content (AvgIpc) is 2.94. The Morgan fingerprint density at radius 3 is 2.44 bits per heavy atom. The summed E-state index contributed by atoms with van der Waals surface area (Å²) in [6.07, 6.45) is 0.383. The monoisotopic (exact) mass is 361 g/mol. The molecule has 2 aromatic rings. The van der Waals surface area contributed by atoms with Gasteiger partial charge in [-0.1, -0.05) is 42.0 Å². The van der Waals surface area contributed by atoms with Crippen LogP contribution in [0.15, 0.2) is 48.5 Å². The summed E-state index contributed by atoms with van der Waals surface area (Å²) in [5.41, 5.74) is 1.96. The van der Waals surface area contributed by atoms with E-state index in [-0.39, 0.29) is 23.6 Å². The molecular formula is C19H20FNO3S. The van der Waals surface area contributed by atoms with Crippen LogP contribution in [0.4, 0.5) is 4.39 Å². The summed E-state index contributed by atoms with van der Waals surface area (Å²) in [5, 5.41) is 0. The number of aryl methyl sites for hydroxylation is 1. The maximum absolute atomic E-state index is 14.1. The number of carbonyl (C=O) groups excluding carboxylic acids is 1. The van der Waals surface area contributed by atoms with Gasteiger partial charge in [0.25, 0.3) is 5.91 Å². The van der Waals surface area contributed by atoms with Crippen LogP contribution in [0, 0.1) is 12.7 Å². The van der Waals surface area contributed by atoms with Gasteiger partial charge in [-0.25, -0.2) is 12.8 Å². The third-order valence-electron chi connectivity index (χ3n) is 4.49. The van der Waals surface area contributed by atoms with Crippen LogP contribution in [-0.4, -0.2) is 36.8 Å². The van der Waals surface area contributed by atoms with Gasteiger partial charge >= 0.3 is 0 Å². The largest absolute Gasteiger partial charge is 0.330 e. The number of sulfone groups is 1. The molecule has 3 rings (SSSR count). The fourth-order valence-corrected chi connectivity index (χ4v) is 4.80. The van der Waals surface area contributed by atoms with Crippen molar-refractivity contribution in [1.29, 1.82) is 0 Å². The Morgan fingerprint density at radius 2 is 1.84 bits per heavy atom. The lowest BCUT2D eigenvalue weighted by Crippen LogP contribution is -2.41. The number of halogens is 1. The second-order valence-corrected chi connectivity index (χ2v) is 8.68. The van der Waals surface area contributed by atoms with Gasteiger partial charge in [-0.15, -0.1) is 0 Å². The van der Waals surface area contributed by atoms with Crippen molar-refractivity contribution in [3.05, 3.63) is 71.0 Å². The first-order valence-corrected chi connectivity index (χ1v) is 9.99. The van der Waals surface area contributed by atoms with E-state index in [0.717, 1.165) is 11.1 Å². The highest BCUT2D eigenvalue weighted by Crippen LogP contribution is 2.23. The molecule has 132 valence electrons. The predicted octanol–water partition coefficient (Wildman–Crippen LogP) is 2.96. The molecule has 2 aromatic carbocycles. The van der Waals surface area contributed by atoms with Crippen molar-refractivity contribution in [3.8, 4) is 0 Å². The summed E-state index contributed by atoms with van der Waals surface area (Å²) in [4.78, 5) is 14.4. The Bertz CT molecular complexity index is 878. The van der Waals surface area contributed by atoms with Crippen LogP contribution >= 0.6 is 0 Å². The van der Waals surface area contributed by atoms with Crippen LogP contribution in [0.3, 0.4) is 0 Å². The van der Waals surface area contributed by atoms with Gasteiger partial charge in [0.15, 0.2) is 9.84 Å². The first-order chi connectivity index (χ1) is 11.9. The number of hydrogen-bond acceptors (Lipinski definition) is 3. The molecule has 0 unspecified atom stereocenters. The molecule has 0 saturated carbocycles. The lowest BCUT2D eigenvalue weighted by Gasteiger charge is -2.28. The van der Waals surface area contributed by atoms with Crippen LogP contribution in [0.5, 0.6) is 0 Å². The van der Waals surface area contributed by atoms with Gasteiger partial charge in [-0.3, -0.25) is 4.79 Å². The Labute approximate surface area is 147 Å². The van der Waals surface area contributed by atoms with E-state index >= 15 is 0 Å². The van der Waals surface area contributed by atoms with Crippen molar-refractivity contribution in [2.75, 3.05) is 11.5 Å². The molecule has 0 radical (unpaired) electrons. The van der Waals surface area contributed by atoms with Crippen molar-refractivity contribution >= 4 is 15.7 Å². The van der Waals surface area contributed by atoms with Gasteiger partial charge in [0.05, 0.1) is 17.1 Å². The summed E-state index contributed by atoms with van der Waals surface area (Å²) < 4.78 is 37.8. The quantitative estimate of drug-likeness (QED) is 0.841. The molecule has 25 heavy (non-hydrogen) atoms. The lowest BCUT2D eigenvalue weighted by atomic mass is 10.1. The van der Waals surface area contributed by atoms with E-state index in [1.165, 1.54) is 23.1 Å². The van der Waals surface area contributed by atoms with Crippen molar-refractivity contribution in [2.45, 2.75) is 25.9 Å². The molecular weight excluding hydrogens is 341 g/mol. The Hall–Kier alpha value is -2.21. The lowest BCUT2D eigenvalue weighted by molar-refractivity contribution is 0.0676. The van der Waals surface area contributed by atoms with Crippen LogP contribution in [0.25, 0.3) is 0 Å². The zero-order valence-electron chi connectivity index (χ0n) is 14.0. The minimum Gasteiger partial charge on any atom is -0.330 e. The zero-order valence-corrected chi connectivity index (χ0v) is 14.8. The molecule has 0 aliphatic carbocycles. The van der Waals surface area contributed by atoms with E-state index in [2.05, 4.69) is 0 Å². The molecule has 0 N–H and O–H groups in total. The minimum atomic E-state index is -3.15. The van der Waals surface area contributed by atoms with Crippen LogP contribution in [0.1, 0.15) is 27.9 Å². The van der Waals surface area contributed by atoms with Gasteiger partial charge < -0.3 is 4.90 Å². The summed E-state index contributed by atoms with van der Waals surface area (Å²) in [6.45, 7) is 2.23. The normalized spacial score (nSPS) is 18.9. The first-order valence-electron chi connectivity index (χ1n) is 8.17. The molecule has 1 amide bonds. The zero-order chi connectivity index (χ0) is 18.0. The topological polar surface area (TPSA) is 54.5 Å². The maximum Gasteiger partial charge on any atom is 0.257 e. The summed E-state index contributed by atoms with van der Waals surface area (Å²) in [6, 6.07) is 13.0. The molecule has 1 aliphatic rings. The van der Waals surface area contributed by atoms with Crippen molar-refractivity contribution in [1.82, 2.24) is 4.90 Å². The summed E-state index contributed by atoms with van der Waals surface area (Å²) in [5.74, 6) is -1.07. The fraction of sp³-hybridized carbons (Fsp3) is 0.316. The van der Waals surface area contributed by atoms with Gasteiger partial charge in [0, 0.05) is 12.6 Å². The van der Waals surface area contributed by atoms with E-state index < -0.39 is 27.6 Å². The highest BCUT2D eigenvalue weighted by molar-refractivity contribution is 7.91. The Kier molecular flexibility index (Phi) is 4.90. The molecule has 1 fully saturated rings. The summed E-state index contributed by atoms with van der Waals surface area (Å²) >= 11 is 0. The summed E-state index contributed by atoms with van der Waals surface area (Å²) in [7, 11) is -3.15. The number of benzene rings is 2. The van der Waals surface area contributed by atoms with Gasteiger partial charge in [0.2, 0.25) is 0 Å². The van der Waals surface area contributed by atoms with Crippen molar-refractivity contribution < 1.29 is 17.6 Å². The Morgan fingerprint density at radius 1 is 1.16 bits per heavy atom. The SMILES string of the molecule is Cc1ccc(CN(C(=O)c2ccccc2F)[C@H]2CCS(=O)(=O)C2)cc1. The highest BCUT2D eigenvalue weighted by Gasteiger charge is 2.35. The van der Waals surface area contributed by atoms with Gasteiger partial charge in [-0.05, 0) is 31.0 Å². The molecule has 1 atom stereocenters. The number of amides is 1. The second kappa shape index (κ2) is 6.96. The Balaban J connectivity index is 1.92. The highest BCUT2D eigenvalue weighted by atomic mass is 32.2. The van der Waals surface area contributed by atoms with Gasteiger partial charge in [-0.2, -0.15) is 0 Å². The maximum atomic E-state index is 14.1. The molecule has 0 spiro atoms. The van der Waals surface area contributed by atoms with Crippen LogP contribution in [0.2, 0.25) is 0 Å². The molecule has 6 heteroatoms. The van der Waals surface area contributed by atoms with E-state index in [4.69, 9.17) is 0 Å². The third kappa shape index (κ3) is 4.07. The van der Waals surface area contributed by atoms with E-state index in [9.17, 15) is 17.6 Å². The van der Waals surface area contributed by atoms with Crippen LogP contribution in [-0.2, 0) is 16.4 Å². The average molecular weight is 361 g/mol. The molecule has 4 nitrogen and oxygen atoms in total. The van der Waals surface area contributed by atoms with E-state index in [0.29, 0.717) is 6.42 Å². The molecule has 0 aromatic heterocycles. The predicted molar refractivity (Wildman–Crippen MR) is 94.5 cm³/mol. The number of rotatable bonds is 4. The number of nitrogens with zero attached hydrogens (tertiary/aromatic N) is 1. The van der Waals surface area contributed by atoms with Crippen molar-refractivity contribution in [3.63, 3.8) is 0 Å². The molecule has 1 saturated heterocycles. The van der Waals surface area contributed by atoms with E-state index in [1.807, 2.05) is 31.2 Å². The first kappa shape index (κ1) is 17.6. The number of carbonyl (C=O) groups is 1. The van der Waals surface area contributed by atoms with Crippen LogP contribution < -0.4 is 0 Å². The van der Waals surface area contributed by atoms with E-state index in [1.54, 1.807) is 6.07 Å². The molecule has 1 aliphatic heterocycles. The molecule has 0 bridgehead atoms. The standard InChI is InChI=1S/C19H20FNO3S/c1-14-6-8-15(9-7-14)12-21(16-10-11-25(23,24)13-16)19(22)17-4-2-3-5-18(17)20/h2-9,16H,10-13H2,1H3/t16-/m0/s1. The van der Waals surface area contributed by atoms with Gasteiger partial charge in [0.1, 0.15) is 5.82 Å². The second-order valence-electron chi connectivity index (χ2n) is 6.46. The molecule has 1 heterocycles. The number of hydrogen-bond donors (Lipinski definition) is 0. The fourth-order valence-electron chi connectivity index (χ4n) is 3.07. The third-order valence-corrected chi connectivity index (χ3v) is 6.24. The smallest absolute Gasteiger partial charge is 0.257 e. The van der Waals surface area contributed by atoms with Crippen molar-refractivity contribution in [2.24, 2.45) is 0 Å². The minimum absolute atomic E-state index is 0.0288.